The average Bonchev–Trinajstić information content (AvgIpc) is 2.75. The molecule has 0 radical (unpaired) electrons. The molecule has 1 amide bonds. The number of amides is 1. The van der Waals surface area contributed by atoms with Gasteiger partial charge in [0, 0.05) is 31.8 Å². The molecule has 1 fully saturated rings. The molecule has 0 aliphatic carbocycles. The fourth-order valence-corrected chi connectivity index (χ4v) is 2.01. The van der Waals surface area contributed by atoms with Crippen LogP contribution in [-0.2, 0) is 4.74 Å². The van der Waals surface area contributed by atoms with Gasteiger partial charge < -0.3 is 19.8 Å². The summed E-state index contributed by atoms with van der Waals surface area (Å²) in [4.78, 5) is 13.7. The van der Waals surface area contributed by atoms with Crippen molar-refractivity contribution in [2.75, 3.05) is 20.2 Å². The van der Waals surface area contributed by atoms with E-state index in [2.05, 4.69) is 0 Å². The fourth-order valence-electron chi connectivity index (χ4n) is 2.01. The van der Waals surface area contributed by atoms with E-state index in [-0.39, 0.29) is 23.5 Å². The Kier molecular flexibility index (Phi) is 3.19. The van der Waals surface area contributed by atoms with Crippen LogP contribution in [0.2, 0.25) is 0 Å². The number of methoxy groups -OCH3 is 1. The van der Waals surface area contributed by atoms with E-state index in [0.717, 1.165) is 6.42 Å². The summed E-state index contributed by atoms with van der Waals surface area (Å²) in [5.41, 5.74) is 0.291. The molecule has 0 spiro atoms. The third kappa shape index (κ3) is 2.50. The quantitative estimate of drug-likeness (QED) is 0.803. The SMILES string of the molecule is COC1CCN(C(=O)c2cc(O)cc(O)c2)C1. The van der Waals surface area contributed by atoms with Gasteiger partial charge in [-0.05, 0) is 18.6 Å². The van der Waals surface area contributed by atoms with Crippen molar-refractivity contribution < 1.29 is 19.7 Å². The Morgan fingerprint density at radius 1 is 1.35 bits per heavy atom. The molecule has 92 valence electrons. The standard InChI is InChI=1S/C12H15NO4/c1-17-11-2-3-13(7-11)12(16)8-4-9(14)6-10(15)5-8/h4-6,11,14-15H,2-3,7H2,1H3. The van der Waals surface area contributed by atoms with Crippen LogP contribution in [-0.4, -0.2) is 47.3 Å². The van der Waals surface area contributed by atoms with E-state index in [1.54, 1.807) is 12.0 Å². The van der Waals surface area contributed by atoms with E-state index in [4.69, 9.17) is 4.74 Å². The minimum atomic E-state index is -0.198. The Balaban J connectivity index is 2.14. The molecule has 1 aliphatic rings. The van der Waals surface area contributed by atoms with Crippen molar-refractivity contribution in [2.45, 2.75) is 12.5 Å². The number of aromatic hydroxyl groups is 2. The molecule has 1 unspecified atom stereocenters. The van der Waals surface area contributed by atoms with Crippen molar-refractivity contribution in [1.29, 1.82) is 0 Å². The number of carbonyl (C=O) groups excluding carboxylic acids is 1. The van der Waals surface area contributed by atoms with Crippen LogP contribution in [0.25, 0.3) is 0 Å². The van der Waals surface area contributed by atoms with Crippen molar-refractivity contribution in [3.8, 4) is 11.5 Å². The lowest BCUT2D eigenvalue weighted by Crippen LogP contribution is -2.29. The van der Waals surface area contributed by atoms with Gasteiger partial charge in [-0.3, -0.25) is 4.79 Å². The highest BCUT2D eigenvalue weighted by atomic mass is 16.5. The van der Waals surface area contributed by atoms with E-state index in [0.29, 0.717) is 18.7 Å². The van der Waals surface area contributed by atoms with Crippen LogP contribution >= 0.6 is 0 Å². The molecule has 1 saturated heterocycles. The molecule has 0 bridgehead atoms. The number of hydrogen-bond acceptors (Lipinski definition) is 4. The Labute approximate surface area is 99.2 Å². The van der Waals surface area contributed by atoms with Crippen molar-refractivity contribution in [3.05, 3.63) is 23.8 Å². The number of phenols is 2. The van der Waals surface area contributed by atoms with Crippen LogP contribution in [0.4, 0.5) is 0 Å². The molecular weight excluding hydrogens is 222 g/mol. The number of ether oxygens (including phenoxy) is 1. The summed E-state index contributed by atoms with van der Waals surface area (Å²) >= 11 is 0. The lowest BCUT2D eigenvalue weighted by Gasteiger charge is -2.16. The molecule has 1 aromatic carbocycles. The second kappa shape index (κ2) is 4.63. The highest BCUT2D eigenvalue weighted by Gasteiger charge is 2.27. The molecule has 5 heteroatoms. The molecule has 5 nitrogen and oxygen atoms in total. The number of carbonyl (C=O) groups is 1. The van der Waals surface area contributed by atoms with Crippen LogP contribution in [0.1, 0.15) is 16.8 Å². The van der Waals surface area contributed by atoms with E-state index >= 15 is 0 Å². The number of hydrogen-bond donors (Lipinski definition) is 2. The first-order valence-corrected chi connectivity index (χ1v) is 5.45. The number of nitrogens with zero attached hydrogens (tertiary/aromatic N) is 1. The number of benzene rings is 1. The van der Waals surface area contributed by atoms with Gasteiger partial charge in [-0.2, -0.15) is 0 Å². The molecule has 2 rings (SSSR count). The lowest BCUT2D eigenvalue weighted by molar-refractivity contribution is 0.0723. The Hall–Kier alpha value is -1.75. The van der Waals surface area contributed by atoms with Gasteiger partial charge in [0.2, 0.25) is 0 Å². The summed E-state index contributed by atoms with van der Waals surface area (Å²) < 4.78 is 5.18. The first-order chi connectivity index (χ1) is 8.10. The molecule has 17 heavy (non-hydrogen) atoms. The second-order valence-electron chi connectivity index (χ2n) is 4.14. The summed E-state index contributed by atoms with van der Waals surface area (Å²) in [5, 5.41) is 18.7. The van der Waals surface area contributed by atoms with Crippen LogP contribution in [0.5, 0.6) is 11.5 Å². The van der Waals surface area contributed by atoms with Gasteiger partial charge in [-0.15, -0.1) is 0 Å². The first kappa shape index (κ1) is 11.7. The van der Waals surface area contributed by atoms with Crippen molar-refractivity contribution in [2.24, 2.45) is 0 Å². The molecule has 0 saturated carbocycles. The Morgan fingerprint density at radius 2 is 2.00 bits per heavy atom. The Morgan fingerprint density at radius 3 is 2.53 bits per heavy atom. The lowest BCUT2D eigenvalue weighted by atomic mass is 10.2. The first-order valence-electron chi connectivity index (χ1n) is 5.45. The zero-order valence-electron chi connectivity index (χ0n) is 9.59. The second-order valence-corrected chi connectivity index (χ2v) is 4.14. The van der Waals surface area contributed by atoms with Gasteiger partial charge in [0.25, 0.3) is 5.91 Å². The molecule has 2 N–H and O–H groups in total. The maximum absolute atomic E-state index is 12.1. The van der Waals surface area contributed by atoms with Gasteiger partial charge in [0.15, 0.2) is 0 Å². The topological polar surface area (TPSA) is 70.0 Å². The third-order valence-corrected chi connectivity index (χ3v) is 2.92. The smallest absolute Gasteiger partial charge is 0.254 e. The predicted molar refractivity (Wildman–Crippen MR) is 61.1 cm³/mol. The predicted octanol–water partition coefficient (Wildman–Crippen LogP) is 0.959. The highest BCUT2D eigenvalue weighted by molar-refractivity contribution is 5.95. The highest BCUT2D eigenvalue weighted by Crippen LogP contribution is 2.23. The van der Waals surface area contributed by atoms with Crippen molar-refractivity contribution in [3.63, 3.8) is 0 Å². The largest absolute Gasteiger partial charge is 0.508 e. The van der Waals surface area contributed by atoms with Gasteiger partial charge in [0.1, 0.15) is 11.5 Å². The van der Waals surface area contributed by atoms with Crippen LogP contribution < -0.4 is 0 Å². The van der Waals surface area contributed by atoms with Crippen LogP contribution in [0, 0.1) is 0 Å². The molecule has 1 atom stereocenters. The van der Waals surface area contributed by atoms with Gasteiger partial charge in [-0.1, -0.05) is 0 Å². The van der Waals surface area contributed by atoms with E-state index in [1.807, 2.05) is 0 Å². The third-order valence-electron chi connectivity index (χ3n) is 2.92. The van der Waals surface area contributed by atoms with Crippen LogP contribution in [0.3, 0.4) is 0 Å². The molecule has 1 aromatic rings. The van der Waals surface area contributed by atoms with Gasteiger partial charge >= 0.3 is 0 Å². The van der Waals surface area contributed by atoms with E-state index < -0.39 is 0 Å². The number of likely N-dealkylation sites (tertiary alicyclic amines) is 1. The maximum Gasteiger partial charge on any atom is 0.254 e. The Bertz CT molecular complexity index is 412. The van der Waals surface area contributed by atoms with E-state index in [1.165, 1.54) is 18.2 Å². The summed E-state index contributed by atoms with van der Waals surface area (Å²) in [6.07, 6.45) is 0.886. The summed E-state index contributed by atoms with van der Waals surface area (Å²) in [5.74, 6) is -0.428. The summed E-state index contributed by atoms with van der Waals surface area (Å²) in [6, 6.07) is 3.89. The molecular formula is C12H15NO4. The van der Waals surface area contributed by atoms with Gasteiger partial charge in [-0.25, -0.2) is 0 Å². The average molecular weight is 237 g/mol. The molecule has 1 aliphatic heterocycles. The van der Waals surface area contributed by atoms with Gasteiger partial charge in [0.05, 0.1) is 6.10 Å². The normalized spacial score (nSPS) is 19.6. The zero-order chi connectivity index (χ0) is 12.4. The minimum absolute atomic E-state index is 0.0739. The maximum atomic E-state index is 12.1. The summed E-state index contributed by atoms with van der Waals surface area (Å²) in [6.45, 7) is 1.18. The minimum Gasteiger partial charge on any atom is -0.508 e. The van der Waals surface area contributed by atoms with Crippen molar-refractivity contribution >= 4 is 5.91 Å². The van der Waals surface area contributed by atoms with Crippen LogP contribution in [0.15, 0.2) is 18.2 Å². The van der Waals surface area contributed by atoms with Crippen molar-refractivity contribution in [1.82, 2.24) is 4.90 Å². The zero-order valence-corrected chi connectivity index (χ0v) is 9.59. The monoisotopic (exact) mass is 237 g/mol. The number of rotatable bonds is 2. The number of phenolic OH excluding ortho intramolecular Hbond substituents is 2. The molecule has 0 aromatic heterocycles. The fraction of sp³-hybridized carbons (Fsp3) is 0.417. The van der Waals surface area contributed by atoms with E-state index in [9.17, 15) is 15.0 Å². The summed E-state index contributed by atoms with van der Waals surface area (Å²) in [7, 11) is 1.62. The molecule has 1 heterocycles.